The highest BCUT2D eigenvalue weighted by Gasteiger charge is 2.36. The van der Waals surface area contributed by atoms with Crippen molar-refractivity contribution in [2.24, 2.45) is 0 Å². The van der Waals surface area contributed by atoms with Crippen LogP contribution >= 0.6 is 15.9 Å². The Labute approximate surface area is 156 Å². The van der Waals surface area contributed by atoms with Gasteiger partial charge in [-0.15, -0.1) is 0 Å². The zero-order chi connectivity index (χ0) is 18.6. The average Bonchev–Trinajstić information content (AvgIpc) is 3.01. The molecule has 1 aliphatic rings. The molecule has 136 valence electrons. The molecule has 1 aromatic heterocycles. The van der Waals surface area contributed by atoms with E-state index in [9.17, 15) is 14.4 Å². The number of nitrogens with zero attached hydrogens (tertiary/aromatic N) is 2. The molecule has 2 rings (SSSR count). The summed E-state index contributed by atoms with van der Waals surface area (Å²) in [4.78, 5) is 42.4. The molecular formula is C18H23BrN2O4. The fourth-order valence-corrected chi connectivity index (χ4v) is 2.95. The van der Waals surface area contributed by atoms with Crippen LogP contribution in [0.15, 0.2) is 22.8 Å². The number of aromatic nitrogens is 1. The Bertz CT molecular complexity index is 652. The molecule has 0 aromatic carbocycles. The van der Waals surface area contributed by atoms with Crippen LogP contribution in [0.5, 0.6) is 0 Å². The lowest BCUT2D eigenvalue weighted by Gasteiger charge is -2.27. The van der Waals surface area contributed by atoms with Crippen LogP contribution < -0.4 is 0 Å². The molecule has 1 aliphatic heterocycles. The highest BCUT2D eigenvalue weighted by Crippen LogP contribution is 2.23. The van der Waals surface area contributed by atoms with Crippen LogP contribution in [0.25, 0.3) is 0 Å². The minimum Gasteiger partial charge on any atom is -0.444 e. The van der Waals surface area contributed by atoms with Gasteiger partial charge in [0.25, 0.3) is 0 Å². The number of likely N-dealkylation sites (tertiary alicyclic amines) is 1. The second-order valence-corrected chi connectivity index (χ2v) is 8.00. The van der Waals surface area contributed by atoms with E-state index >= 15 is 0 Å². The average molecular weight is 411 g/mol. The SMILES string of the molecule is CC(C)(C)OC(=O)N1CCC[C@H]1C(=O)CCC(=O)c1ccc(Br)cn1. The van der Waals surface area contributed by atoms with Gasteiger partial charge < -0.3 is 4.74 Å². The number of ketones is 2. The van der Waals surface area contributed by atoms with Crippen molar-refractivity contribution in [1.82, 2.24) is 9.88 Å². The van der Waals surface area contributed by atoms with E-state index < -0.39 is 17.7 Å². The summed E-state index contributed by atoms with van der Waals surface area (Å²) in [5.74, 6) is -0.281. The third-order valence-corrected chi connectivity index (χ3v) is 4.33. The topological polar surface area (TPSA) is 76.6 Å². The molecule has 0 aliphatic carbocycles. The molecule has 0 spiro atoms. The van der Waals surface area contributed by atoms with Crippen molar-refractivity contribution >= 4 is 33.6 Å². The molecule has 0 unspecified atom stereocenters. The maximum Gasteiger partial charge on any atom is 0.410 e. The highest BCUT2D eigenvalue weighted by molar-refractivity contribution is 9.10. The highest BCUT2D eigenvalue weighted by atomic mass is 79.9. The maximum absolute atomic E-state index is 12.5. The number of amides is 1. The van der Waals surface area contributed by atoms with E-state index in [4.69, 9.17) is 4.74 Å². The predicted molar refractivity (Wildman–Crippen MR) is 96.5 cm³/mol. The molecule has 1 amide bonds. The summed E-state index contributed by atoms with van der Waals surface area (Å²) in [5.41, 5.74) is -0.261. The van der Waals surface area contributed by atoms with Gasteiger partial charge in [-0.2, -0.15) is 0 Å². The van der Waals surface area contributed by atoms with Crippen LogP contribution in [0, 0.1) is 0 Å². The lowest BCUT2D eigenvalue weighted by atomic mass is 10.0. The Morgan fingerprint density at radius 2 is 2.00 bits per heavy atom. The monoisotopic (exact) mass is 410 g/mol. The fraction of sp³-hybridized carbons (Fsp3) is 0.556. The van der Waals surface area contributed by atoms with Crippen molar-refractivity contribution in [3.05, 3.63) is 28.5 Å². The molecule has 0 bridgehead atoms. The largest absolute Gasteiger partial charge is 0.444 e. The molecule has 7 heteroatoms. The normalized spacial score (nSPS) is 17.4. The summed E-state index contributed by atoms with van der Waals surface area (Å²) in [7, 11) is 0. The van der Waals surface area contributed by atoms with Gasteiger partial charge in [-0.05, 0) is 61.7 Å². The van der Waals surface area contributed by atoms with E-state index in [1.807, 2.05) is 0 Å². The minimum absolute atomic E-state index is 0.0894. The quantitative estimate of drug-likeness (QED) is 0.690. The molecule has 1 saturated heterocycles. The van der Waals surface area contributed by atoms with Gasteiger partial charge in [-0.3, -0.25) is 19.5 Å². The van der Waals surface area contributed by atoms with E-state index in [2.05, 4.69) is 20.9 Å². The molecule has 0 saturated carbocycles. The Kier molecular flexibility index (Phi) is 6.32. The molecule has 2 heterocycles. The molecule has 6 nitrogen and oxygen atoms in total. The van der Waals surface area contributed by atoms with E-state index in [0.717, 1.165) is 10.9 Å². The van der Waals surface area contributed by atoms with Crippen LogP contribution in [0.4, 0.5) is 4.79 Å². The number of carbonyl (C=O) groups excluding carboxylic acids is 3. The Hall–Kier alpha value is -1.76. The summed E-state index contributed by atoms with van der Waals surface area (Å²) in [6.07, 6.45) is 2.65. The van der Waals surface area contributed by atoms with Gasteiger partial charge in [0.15, 0.2) is 11.6 Å². The number of ether oxygens (including phenoxy) is 1. The van der Waals surface area contributed by atoms with Crippen molar-refractivity contribution in [3.63, 3.8) is 0 Å². The van der Waals surface area contributed by atoms with Gasteiger partial charge in [0.05, 0.1) is 6.04 Å². The van der Waals surface area contributed by atoms with Gasteiger partial charge in [-0.1, -0.05) is 0 Å². The van der Waals surface area contributed by atoms with Crippen LogP contribution in [0.3, 0.4) is 0 Å². The molecule has 1 atom stereocenters. The third-order valence-electron chi connectivity index (χ3n) is 3.86. The first-order chi connectivity index (χ1) is 11.7. The van der Waals surface area contributed by atoms with Gasteiger partial charge >= 0.3 is 6.09 Å². The summed E-state index contributed by atoms with van der Waals surface area (Å²) >= 11 is 3.27. The van der Waals surface area contributed by atoms with Crippen molar-refractivity contribution in [3.8, 4) is 0 Å². The fourth-order valence-electron chi connectivity index (χ4n) is 2.71. The molecule has 25 heavy (non-hydrogen) atoms. The number of carbonyl (C=O) groups is 3. The van der Waals surface area contributed by atoms with Crippen molar-refractivity contribution in [2.45, 2.75) is 58.1 Å². The Morgan fingerprint density at radius 3 is 2.60 bits per heavy atom. The maximum atomic E-state index is 12.5. The van der Waals surface area contributed by atoms with Crippen molar-refractivity contribution in [2.75, 3.05) is 6.54 Å². The molecular weight excluding hydrogens is 388 g/mol. The number of Topliss-reactive ketones (excluding diaryl/α,β-unsaturated/α-hetero) is 2. The van der Waals surface area contributed by atoms with Crippen LogP contribution in [-0.4, -0.2) is 45.7 Å². The zero-order valence-corrected chi connectivity index (χ0v) is 16.3. The summed E-state index contributed by atoms with van der Waals surface area (Å²) in [6.45, 7) is 5.89. The molecule has 0 N–H and O–H groups in total. The Morgan fingerprint density at radius 1 is 1.28 bits per heavy atom. The summed E-state index contributed by atoms with van der Waals surface area (Å²) in [6, 6.07) is 2.86. The first-order valence-corrected chi connectivity index (χ1v) is 9.14. The number of hydrogen-bond donors (Lipinski definition) is 0. The second-order valence-electron chi connectivity index (χ2n) is 7.08. The van der Waals surface area contributed by atoms with Gasteiger partial charge in [0.1, 0.15) is 11.3 Å². The van der Waals surface area contributed by atoms with Crippen molar-refractivity contribution in [1.29, 1.82) is 0 Å². The van der Waals surface area contributed by atoms with Crippen LogP contribution in [-0.2, 0) is 9.53 Å². The molecule has 0 radical (unpaired) electrons. The lowest BCUT2D eigenvalue weighted by molar-refractivity contribution is -0.123. The minimum atomic E-state index is -0.601. The lowest BCUT2D eigenvalue weighted by Crippen LogP contribution is -2.43. The van der Waals surface area contributed by atoms with Gasteiger partial charge in [-0.25, -0.2) is 4.79 Å². The zero-order valence-electron chi connectivity index (χ0n) is 14.8. The first kappa shape index (κ1) is 19.6. The van der Waals surface area contributed by atoms with Gasteiger partial charge in [0, 0.05) is 30.1 Å². The van der Waals surface area contributed by atoms with E-state index in [1.54, 1.807) is 39.1 Å². The van der Waals surface area contributed by atoms with E-state index in [0.29, 0.717) is 18.7 Å². The van der Waals surface area contributed by atoms with E-state index in [-0.39, 0.29) is 24.4 Å². The summed E-state index contributed by atoms with van der Waals surface area (Å²) < 4.78 is 6.15. The predicted octanol–water partition coefficient (Wildman–Crippen LogP) is 3.78. The smallest absolute Gasteiger partial charge is 0.410 e. The first-order valence-electron chi connectivity index (χ1n) is 8.34. The number of rotatable bonds is 5. The van der Waals surface area contributed by atoms with Gasteiger partial charge in [0.2, 0.25) is 0 Å². The van der Waals surface area contributed by atoms with Crippen LogP contribution in [0.2, 0.25) is 0 Å². The third kappa shape index (κ3) is 5.63. The van der Waals surface area contributed by atoms with Crippen LogP contribution in [0.1, 0.15) is 56.9 Å². The van der Waals surface area contributed by atoms with E-state index in [1.165, 1.54) is 4.90 Å². The standard InChI is InChI=1S/C18H23BrN2O4/c1-18(2,3)25-17(24)21-10-4-5-14(21)16(23)9-8-15(22)13-7-6-12(19)11-20-13/h6-7,11,14H,4-5,8-10H2,1-3H3/t14-/m0/s1. The molecule has 1 aromatic rings. The Balaban J connectivity index is 1.92. The second kappa shape index (κ2) is 8.08. The summed E-state index contributed by atoms with van der Waals surface area (Å²) in [5, 5.41) is 0. The number of pyridine rings is 1. The number of hydrogen-bond acceptors (Lipinski definition) is 5. The molecule has 1 fully saturated rings. The number of halogens is 1. The van der Waals surface area contributed by atoms with Crippen molar-refractivity contribution < 1.29 is 19.1 Å².